The van der Waals surface area contributed by atoms with Crippen LogP contribution in [0, 0.1) is 0 Å². The molecular weight excluding hydrogens is 308 g/mol. The molecule has 0 atom stereocenters. The third-order valence-corrected chi connectivity index (χ3v) is 3.10. The number of anilines is 1. The van der Waals surface area contributed by atoms with Gasteiger partial charge in [-0.25, -0.2) is 10.1 Å². The Morgan fingerprint density at radius 1 is 1.45 bits per heavy atom. The molecule has 0 unspecified atom stereocenters. The van der Waals surface area contributed by atoms with Crippen LogP contribution in [0.1, 0.15) is 25.2 Å². The fourth-order valence-electron chi connectivity index (χ4n) is 1.74. The summed E-state index contributed by atoms with van der Waals surface area (Å²) in [7, 11) is 0. The van der Waals surface area contributed by atoms with Gasteiger partial charge in [-0.15, -0.1) is 10.2 Å². The number of ether oxygens (including phenoxy) is 1. The predicted molar refractivity (Wildman–Crippen MR) is 85.1 cm³/mol. The molecule has 118 valence electrons. The molecule has 1 heterocycles. The van der Waals surface area contributed by atoms with E-state index in [0.29, 0.717) is 36.1 Å². The van der Waals surface area contributed by atoms with E-state index in [1.54, 1.807) is 12.1 Å². The number of aryl methyl sites for hydroxylation is 1. The van der Waals surface area contributed by atoms with Crippen LogP contribution >= 0.6 is 11.6 Å². The Morgan fingerprint density at radius 2 is 2.23 bits per heavy atom. The molecule has 0 fully saturated rings. The second-order valence-electron chi connectivity index (χ2n) is 4.32. The number of hydrazone groups is 1. The highest BCUT2D eigenvalue weighted by Crippen LogP contribution is 2.34. The lowest BCUT2D eigenvalue weighted by Crippen LogP contribution is -2.14. The molecule has 8 nitrogen and oxygen atoms in total. The molecule has 2 rings (SSSR count). The number of phenols is 1. The van der Waals surface area contributed by atoms with Gasteiger partial charge < -0.3 is 15.7 Å². The highest BCUT2D eigenvalue weighted by Gasteiger charge is 2.09. The summed E-state index contributed by atoms with van der Waals surface area (Å²) in [5, 5.41) is 21.7. The van der Waals surface area contributed by atoms with Crippen molar-refractivity contribution in [2.45, 2.75) is 20.3 Å². The molecule has 0 aliphatic carbocycles. The van der Waals surface area contributed by atoms with Gasteiger partial charge in [-0.2, -0.15) is 5.10 Å². The van der Waals surface area contributed by atoms with E-state index in [1.807, 2.05) is 13.8 Å². The van der Waals surface area contributed by atoms with Gasteiger partial charge in [0.2, 0.25) is 0 Å². The second kappa shape index (κ2) is 6.99. The normalized spacial score (nSPS) is 11.0. The van der Waals surface area contributed by atoms with Gasteiger partial charge in [0.05, 0.1) is 17.8 Å². The number of benzene rings is 1. The molecule has 0 spiro atoms. The van der Waals surface area contributed by atoms with Crippen molar-refractivity contribution < 1.29 is 9.84 Å². The number of rotatable bonds is 6. The lowest BCUT2D eigenvalue weighted by molar-refractivity contribution is 0.318. The lowest BCUT2D eigenvalue weighted by atomic mass is 10.2. The number of nitrogens with zero attached hydrogens (tertiary/aromatic N) is 4. The highest BCUT2D eigenvalue weighted by atomic mass is 35.5. The van der Waals surface area contributed by atoms with Crippen molar-refractivity contribution in [3.8, 4) is 11.5 Å². The number of nitrogens with one attached hydrogen (secondary N) is 1. The van der Waals surface area contributed by atoms with Gasteiger partial charge in [0.15, 0.2) is 17.3 Å². The minimum Gasteiger partial charge on any atom is -0.503 e. The first kappa shape index (κ1) is 15.9. The minimum absolute atomic E-state index is 0.0945. The first-order chi connectivity index (χ1) is 10.6. The maximum Gasteiger partial charge on any atom is 0.263 e. The average molecular weight is 325 g/mol. The largest absolute Gasteiger partial charge is 0.503 e. The number of phenolic OH excluding ortho intramolecular Hbond substituents is 1. The van der Waals surface area contributed by atoms with E-state index in [9.17, 15) is 5.11 Å². The molecule has 1 aromatic carbocycles. The summed E-state index contributed by atoms with van der Waals surface area (Å²) in [5.41, 5.74) is 3.34. The van der Waals surface area contributed by atoms with Crippen LogP contribution in [0.4, 0.5) is 5.95 Å². The highest BCUT2D eigenvalue weighted by molar-refractivity contribution is 6.32. The first-order valence-corrected chi connectivity index (χ1v) is 7.08. The van der Waals surface area contributed by atoms with E-state index in [1.165, 1.54) is 10.9 Å². The van der Waals surface area contributed by atoms with E-state index in [-0.39, 0.29) is 10.8 Å². The molecule has 2 aromatic rings. The molecule has 0 amide bonds. The number of nitrogens with two attached hydrogens (primary N) is 1. The SMILES string of the molecule is CCOc1cc(/C=N/Nc2nnc(CC)n2N)cc(Cl)c1O. The average Bonchev–Trinajstić information content (AvgIpc) is 2.85. The van der Waals surface area contributed by atoms with Crippen LogP contribution in [-0.4, -0.2) is 32.8 Å². The van der Waals surface area contributed by atoms with E-state index in [4.69, 9.17) is 22.2 Å². The Hall–Kier alpha value is -2.48. The zero-order valence-corrected chi connectivity index (χ0v) is 13.0. The van der Waals surface area contributed by atoms with Crippen LogP contribution in [-0.2, 0) is 6.42 Å². The first-order valence-electron chi connectivity index (χ1n) is 6.70. The summed E-state index contributed by atoms with van der Waals surface area (Å²) < 4.78 is 6.62. The third-order valence-electron chi connectivity index (χ3n) is 2.81. The molecular formula is C13H17ClN6O2. The van der Waals surface area contributed by atoms with Crippen molar-refractivity contribution >= 4 is 23.8 Å². The summed E-state index contributed by atoms with van der Waals surface area (Å²) in [6.45, 7) is 4.15. The summed E-state index contributed by atoms with van der Waals surface area (Å²) in [4.78, 5) is 0. The fourth-order valence-corrected chi connectivity index (χ4v) is 1.96. The van der Waals surface area contributed by atoms with Gasteiger partial charge in [0.25, 0.3) is 5.95 Å². The van der Waals surface area contributed by atoms with Crippen molar-refractivity contribution in [1.82, 2.24) is 14.9 Å². The van der Waals surface area contributed by atoms with Crippen LogP contribution in [0.15, 0.2) is 17.2 Å². The van der Waals surface area contributed by atoms with E-state index >= 15 is 0 Å². The maximum atomic E-state index is 9.77. The fraction of sp³-hybridized carbons (Fsp3) is 0.308. The summed E-state index contributed by atoms with van der Waals surface area (Å²) in [6, 6.07) is 3.19. The van der Waals surface area contributed by atoms with Gasteiger partial charge in [0.1, 0.15) is 0 Å². The molecule has 0 aliphatic heterocycles. The molecule has 4 N–H and O–H groups in total. The number of hydrogen-bond donors (Lipinski definition) is 3. The number of halogens is 1. The third kappa shape index (κ3) is 3.40. The quantitative estimate of drug-likeness (QED) is 0.424. The Morgan fingerprint density at radius 3 is 2.86 bits per heavy atom. The second-order valence-corrected chi connectivity index (χ2v) is 4.72. The molecule has 22 heavy (non-hydrogen) atoms. The van der Waals surface area contributed by atoms with Crippen LogP contribution in [0.3, 0.4) is 0 Å². The van der Waals surface area contributed by atoms with Crippen molar-refractivity contribution in [2.75, 3.05) is 17.9 Å². The van der Waals surface area contributed by atoms with E-state index in [2.05, 4.69) is 20.7 Å². The zero-order chi connectivity index (χ0) is 16.1. The summed E-state index contributed by atoms with van der Waals surface area (Å²) >= 11 is 5.94. The van der Waals surface area contributed by atoms with Crippen LogP contribution < -0.4 is 16.0 Å². The molecule has 0 bridgehead atoms. The van der Waals surface area contributed by atoms with Gasteiger partial charge >= 0.3 is 0 Å². The summed E-state index contributed by atoms with van der Waals surface area (Å²) in [5.74, 6) is 6.95. The molecule has 0 aliphatic rings. The van der Waals surface area contributed by atoms with Crippen LogP contribution in [0.2, 0.25) is 5.02 Å². The Balaban J connectivity index is 2.14. The summed E-state index contributed by atoms with van der Waals surface area (Å²) in [6.07, 6.45) is 2.17. The molecule has 0 saturated heterocycles. The van der Waals surface area contributed by atoms with E-state index < -0.39 is 0 Å². The number of aromatic nitrogens is 3. The van der Waals surface area contributed by atoms with Crippen LogP contribution in [0.5, 0.6) is 11.5 Å². The Bertz CT molecular complexity index is 685. The van der Waals surface area contributed by atoms with Crippen molar-refractivity contribution in [2.24, 2.45) is 5.10 Å². The minimum atomic E-state index is -0.0945. The van der Waals surface area contributed by atoms with Crippen LogP contribution in [0.25, 0.3) is 0 Å². The molecule has 0 saturated carbocycles. The smallest absolute Gasteiger partial charge is 0.263 e. The number of nitrogen functional groups attached to an aromatic ring is 1. The zero-order valence-electron chi connectivity index (χ0n) is 12.2. The van der Waals surface area contributed by atoms with E-state index in [0.717, 1.165) is 0 Å². The van der Waals surface area contributed by atoms with Gasteiger partial charge in [0, 0.05) is 6.42 Å². The predicted octanol–water partition coefficient (Wildman–Crippen LogP) is 1.76. The topological polar surface area (TPSA) is 111 Å². The maximum absolute atomic E-state index is 9.77. The Labute approximate surface area is 132 Å². The van der Waals surface area contributed by atoms with Crippen molar-refractivity contribution in [3.63, 3.8) is 0 Å². The van der Waals surface area contributed by atoms with Gasteiger partial charge in [-0.1, -0.05) is 18.5 Å². The standard InChI is InChI=1S/C13H17ClN6O2/c1-3-11-17-19-13(20(11)15)18-16-7-8-5-9(14)12(21)10(6-8)22-4-2/h5-7,21H,3-4,15H2,1-2H3,(H,18,19)/b16-7+. The lowest BCUT2D eigenvalue weighted by Gasteiger charge is -2.08. The Kier molecular flexibility index (Phi) is 5.05. The monoisotopic (exact) mass is 324 g/mol. The molecule has 0 radical (unpaired) electrons. The van der Waals surface area contributed by atoms with Gasteiger partial charge in [-0.05, 0) is 24.6 Å². The van der Waals surface area contributed by atoms with Gasteiger partial charge in [-0.3, -0.25) is 0 Å². The molecule has 9 heteroatoms. The number of hydrogen-bond acceptors (Lipinski definition) is 7. The molecule has 1 aromatic heterocycles. The van der Waals surface area contributed by atoms with Crippen molar-refractivity contribution in [1.29, 1.82) is 0 Å². The number of aromatic hydroxyl groups is 1. The van der Waals surface area contributed by atoms with Crippen molar-refractivity contribution in [3.05, 3.63) is 28.5 Å².